The van der Waals surface area contributed by atoms with Gasteiger partial charge in [0.15, 0.2) is 5.76 Å². The molecule has 0 aliphatic carbocycles. The van der Waals surface area contributed by atoms with E-state index in [-0.39, 0.29) is 5.91 Å². The van der Waals surface area contributed by atoms with Crippen molar-refractivity contribution in [3.63, 3.8) is 0 Å². The van der Waals surface area contributed by atoms with E-state index in [2.05, 4.69) is 0 Å². The summed E-state index contributed by atoms with van der Waals surface area (Å²) < 4.78 is 5.48. The van der Waals surface area contributed by atoms with Crippen LogP contribution in [-0.2, 0) is 13.0 Å². The van der Waals surface area contributed by atoms with Crippen molar-refractivity contribution < 1.29 is 9.21 Å². The number of furan rings is 1. The van der Waals surface area contributed by atoms with Gasteiger partial charge in [-0.25, -0.2) is 0 Å². The number of amides is 1. The summed E-state index contributed by atoms with van der Waals surface area (Å²) in [5.74, 6) is 1.03. The molecule has 5 heteroatoms. The van der Waals surface area contributed by atoms with Gasteiger partial charge < -0.3 is 15.1 Å². The molecular weight excluding hydrogens is 284 g/mol. The Labute approximate surface area is 129 Å². The molecule has 0 radical (unpaired) electrons. The lowest BCUT2D eigenvalue weighted by Crippen LogP contribution is -2.26. The van der Waals surface area contributed by atoms with E-state index in [1.54, 1.807) is 18.0 Å². The molecule has 1 aromatic heterocycles. The van der Waals surface area contributed by atoms with E-state index in [9.17, 15) is 4.79 Å². The fourth-order valence-corrected chi connectivity index (χ4v) is 2.17. The van der Waals surface area contributed by atoms with E-state index < -0.39 is 0 Å². The number of rotatable bonds is 5. The van der Waals surface area contributed by atoms with Crippen LogP contribution >= 0.6 is 12.2 Å². The molecule has 1 amide bonds. The summed E-state index contributed by atoms with van der Waals surface area (Å²) >= 11 is 4.96. The first-order valence-corrected chi connectivity index (χ1v) is 7.15. The average Bonchev–Trinajstić information content (AvgIpc) is 2.95. The number of hydrogen-bond donors (Lipinski definition) is 1. The van der Waals surface area contributed by atoms with E-state index in [0.29, 0.717) is 17.3 Å². The van der Waals surface area contributed by atoms with E-state index in [0.717, 1.165) is 23.3 Å². The van der Waals surface area contributed by atoms with Crippen molar-refractivity contribution in [2.75, 3.05) is 7.05 Å². The first-order valence-electron chi connectivity index (χ1n) is 6.74. The van der Waals surface area contributed by atoms with Crippen LogP contribution in [0.3, 0.4) is 0 Å². The fourth-order valence-electron chi connectivity index (χ4n) is 2.04. The van der Waals surface area contributed by atoms with Crippen molar-refractivity contribution in [1.29, 1.82) is 0 Å². The SMILES string of the molecule is CCc1ccc(C(=O)N(C)Cc2cccc(C(N)=S)c2)o1. The lowest BCUT2D eigenvalue weighted by atomic mass is 10.1. The topological polar surface area (TPSA) is 59.5 Å². The van der Waals surface area contributed by atoms with Crippen molar-refractivity contribution in [2.24, 2.45) is 5.73 Å². The first kappa shape index (κ1) is 15.3. The zero-order valence-electron chi connectivity index (χ0n) is 12.1. The molecule has 2 aromatic rings. The zero-order valence-corrected chi connectivity index (χ0v) is 12.9. The van der Waals surface area contributed by atoms with Crippen LogP contribution < -0.4 is 5.73 Å². The van der Waals surface area contributed by atoms with Gasteiger partial charge in [0, 0.05) is 25.6 Å². The van der Waals surface area contributed by atoms with Gasteiger partial charge in [0.05, 0.1) is 0 Å². The molecule has 0 spiro atoms. The summed E-state index contributed by atoms with van der Waals surface area (Å²) in [5.41, 5.74) is 7.39. The van der Waals surface area contributed by atoms with Crippen LogP contribution in [0, 0.1) is 0 Å². The maximum absolute atomic E-state index is 12.3. The molecule has 21 heavy (non-hydrogen) atoms. The number of carbonyl (C=O) groups excluding carboxylic acids is 1. The Morgan fingerprint density at radius 1 is 1.33 bits per heavy atom. The second-order valence-electron chi connectivity index (χ2n) is 4.85. The summed E-state index contributed by atoms with van der Waals surface area (Å²) in [6.45, 7) is 2.45. The van der Waals surface area contributed by atoms with Crippen LogP contribution in [0.2, 0.25) is 0 Å². The minimum atomic E-state index is -0.143. The van der Waals surface area contributed by atoms with Crippen molar-refractivity contribution in [3.8, 4) is 0 Å². The molecule has 0 atom stereocenters. The van der Waals surface area contributed by atoms with Gasteiger partial charge in [-0.15, -0.1) is 0 Å². The number of hydrogen-bond acceptors (Lipinski definition) is 3. The number of carbonyl (C=O) groups is 1. The molecule has 4 nitrogen and oxygen atoms in total. The molecule has 0 fully saturated rings. The Bertz CT molecular complexity index is 664. The van der Waals surface area contributed by atoms with Gasteiger partial charge in [-0.3, -0.25) is 4.79 Å². The van der Waals surface area contributed by atoms with E-state index >= 15 is 0 Å². The Kier molecular flexibility index (Phi) is 4.75. The molecule has 0 aliphatic rings. The second kappa shape index (κ2) is 6.54. The van der Waals surface area contributed by atoms with Gasteiger partial charge in [-0.2, -0.15) is 0 Å². The number of nitrogens with two attached hydrogens (primary N) is 1. The van der Waals surface area contributed by atoms with Crippen LogP contribution in [0.4, 0.5) is 0 Å². The Morgan fingerprint density at radius 3 is 2.71 bits per heavy atom. The molecular formula is C16H18N2O2S. The highest BCUT2D eigenvalue weighted by atomic mass is 32.1. The van der Waals surface area contributed by atoms with Crippen LogP contribution in [0.1, 0.15) is 34.4 Å². The zero-order chi connectivity index (χ0) is 15.4. The summed E-state index contributed by atoms with van der Waals surface area (Å²) in [6, 6.07) is 11.1. The third kappa shape index (κ3) is 3.70. The molecule has 0 aliphatic heterocycles. The quantitative estimate of drug-likeness (QED) is 0.863. The molecule has 0 unspecified atom stereocenters. The number of benzene rings is 1. The van der Waals surface area contributed by atoms with Gasteiger partial charge in [0.2, 0.25) is 0 Å². The predicted octanol–water partition coefficient (Wildman–Crippen LogP) is 2.75. The molecule has 1 aromatic carbocycles. The Balaban J connectivity index is 2.10. The van der Waals surface area contributed by atoms with Gasteiger partial charge in [0.1, 0.15) is 10.7 Å². The largest absolute Gasteiger partial charge is 0.456 e. The van der Waals surface area contributed by atoms with Crippen LogP contribution in [0.25, 0.3) is 0 Å². The number of thiocarbonyl (C=S) groups is 1. The summed E-state index contributed by atoms with van der Waals surface area (Å²) in [6.07, 6.45) is 0.771. The summed E-state index contributed by atoms with van der Waals surface area (Å²) in [4.78, 5) is 14.2. The Morgan fingerprint density at radius 2 is 2.10 bits per heavy atom. The van der Waals surface area contributed by atoms with Crippen LogP contribution in [-0.4, -0.2) is 22.8 Å². The monoisotopic (exact) mass is 302 g/mol. The molecule has 0 saturated heterocycles. The van der Waals surface area contributed by atoms with Gasteiger partial charge in [-0.1, -0.05) is 37.3 Å². The normalized spacial score (nSPS) is 10.4. The van der Waals surface area contributed by atoms with Crippen molar-refractivity contribution in [1.82, 2.24) is 4.90 Å². The second-order valence-corrected chi connectivity index (χ2v) is 5.29. The van der Waals surface area contributed by atoms with Gasteiger partial charge in [-0.05, 0) is 23.8 Å². The maximum atomic E-state index is 12.3. The average molecular weight is 302 g/mol. The lowest BCUT2D eigenvalue weighted by Gasteiger charge is -2.16. The lowest BCUT2D eigenvalue weighted by molar-refractivity contribution is 0.0751. The number of aryl methyl sites for hydroxylation is 1. The predicted molar refractivity (Wildman–Crippen MR) is 86.2 cm³/mol. The first-order chi connectivity index (χ1) is 10.0. The van der Waals surface area contributed by atoms with Crippen LogP contribution in [0.5, 0.6) is 0 Å². The molecule has 0 saturated carbocycles. The minimum absolute atomic E-state index is 0.143. The fraction of sp³-hybridized carbons (Fsp3) is 0.250. The highest BCUT2D eigenvalue weighted by Crippen LogP contribution is 2.13. The molecule has 2 rings (SSSR count). The highest BCUT2D eigenvalue weighted by molar-refractivity contribution is 7.80. The van der Waals surface area contributed by atoms with E-state index in [1.165, 1.54) is 0 Å². The smallest absolute Gasteiger partial charge is 0.289 e. The van der Waals surface area contributed by atoms with Crippen molar-refractivity contribution in [3.05, 3.63) is 59.0 Å². The third-order valence-electron chi connectivity index (χ3n) is 3.20. The van der Waals surface area contributed by atoms with Crippen molar-refractivity contribution in [2.45, 2.75) is 19.9 Å². The van der Waals surface area contributed by atoms with Gasteiger partial charge in [0.25, 0.3) is 5.91 Å². The van der Waals surface area contributed by atoms with Gasteiger partial charge >= 0.3 is 0 Å². The molecule has 110 valence electrons. The molecule has 1 heterocycles. The minimum Gasteiger partial charge on any atom is -0.456 e. The highest BCUT2D eigenvalue weighted by Gasteiger charge is 2.16. The molecule has 0 bridgehead atoms. The van der Waals surface area contributed by atoms with Crippen LogP contribution in [0.15, 0.2) is 40.8 Å². The number of nitrogens with zero attached hydrogens (tertiary/aromatic N) is 1. The standard InChI is InChI=1S/C16H18N2O2S/c1-3-13-7-8-14(20-13)16(19)18(2)10-11-5-4-6-12(9-11)15(17)21/h4-9H,3,10H2,1-2H3,(H2,17,21). The van der Waals surface area contributed by atoms with Crippen molar-refractivity contribution >= 4 is 23.1 Å². The third-order valence-corrected chi connectivity index (χ3v) is 3.43. The van der Waals surface area contributed by atoms with E-state index in [4.69, 9.17) is 22.4 Å². The summed E-state index contributed by atoms with van der Waals surface area (Å²) in [7, 11) is 1.74. The van der Waals surface area contributed by atoms with E-state index in [1.807, 2.05) is 37.3 Å². The maximum Gasteiger partial charge on any atom is 0.289 e. The molecule has 2 N–H and O–H groups in total. The summed E-state index contributed by atoms with van der Waals surface area (Å²) in [5, 5.41) is 0. The Hall–Kier alpha value is -2.14.